The van der Waals surface area contributed by atoms with E-state index in [2.05, 4.69) is 26.2 Å². The third-order valence-electron chi connectivity index (χ3n) is 5.87. The fourth-order valence-corrected chi connectivity index (χ4v) is 4.82. The van der Waals surface area contributed by atoms with Crippen LogP contribution in [0, 0.1) is 6.92 Å². The third kappa shape index (κ3) is 4.18. The van der Waals surface area contributed by atoms with Crippen LogP contribution in [0.4, 0.5) is 5.69 Å². The number of hydrogen-bond donors (Lipinski definition) is 1. The number of carbonyl (C=O) groups excluding carboxylic acids is 2. The Balaban J connectivity index is 1.88. The van der Waals surface area contributed by atoms with Crippen molar-refractivity contribution < 1.29 is 19.1 Å². The fourth-order valence-electron chi connectivity index (χ4n) is 4.23. The van der Waals surface area contributed by atoms with Crippen molar-refractivity contribution in [2.24, 2.45) is 0 Å². The Bertz CT molecular complexity index is 1220. The summed E-state index contributed by atoms with van der Waals surface area (Å²) in [6.07, 6.45) is 3.34. The Morgan fingerprint density at radius 3 is 2.48 bits per heavy atom. The molecule has 2 heterocycles. The number of rotatable bonds is 5. The number of amides is 2. The highest BCUT2D eigenvalue weighted by Crippen LogP contribution is 2.46. The highest BCUT2D eigenvalue weighted by Gasteiger charge is 2.43. The number of likely N-dealkylation sites (N-methyl/N-ethyl adjacent to an activating group) is 1. The SMILES string of the molecule is COc1cc2c(cc1OC)C(C(=O)Nc1ccc(C)cc1Br)C(c1cccnc1)N(C)C2=O. The monoisotopic (exact) mass is 509 g/mol. The van der Waals surface area contributed by atoms with Gasteiger partial charge in [0, 0.05) is 29.5 Å². The molecule has 0 bridgehead atoms. The summed E-state index contributed by atoms with van der Waals surface area (Å²) in [6, 6.07) is 12.2. The molecule has 0 saturated carbocycles. The van der Waals surface area contributed by atoms with Gasteiger partial charge in [0.2, 0.25) is 5.91 Å². The zero-order chi connectivity index (χ0) is 23.7. The van der Waals surface area contributed by atoms with Crippen LogP contribution in [0.25, 0.3) is 0 Å². The van der Waals surface area contributed by atoms with E-state index < -0.39 is 12.0 Å². The second-order valence-corrected chi connectivity index (χ2v) is 8.75. The van der Waals surface area contributed by atoms with Crippen LogP contribution in [0.3, 0.4) is 0 Å². The smallest absolute Gasteiger partial charge is 0.254 e. The van der Waals surface area contributed by atoms with Gasteiger partial charge in [-0.2, -0.15) is 0 Å². The molecular formula is C25H24BrN3O4. The first-order valence-corrected chi connectivity index (χ1v) is 11.1. The molecule has 0 spiro atoms. The van der Waals surface area contributed by atoms with E-state index in [1.807, 2.05) is 31.2 Å². The first kappa shape index (κ1) is 22.8. The molecule has 1 aliphatic heterocycles. The average Bonchev–Trinajstić information content (AvgIpc) is 2.82. The van der Waals surface area contributed by atoms with Gasteiger partial charge in [-0.05, 0) is 69.9 Å². The van der Waals surface area contributed by atoms with Crippen LogP contribution < -0.4 is 14.8 Å². The molecule has 33 heavy (non-hydrogen) atoms. The molecule has 4 rings (SSSR count). The molecule has 1 aromatic heterocycles. The molecule has 2 aromatic carbocycles. The number of methoxy groups -OCH3 is 2. The van der Waals surface area contributed by atoms with Crippen molar-refractivity contribution in [3.63, 3.8) is 0 Å². The summed E-state index contributed by atoms with van der Waals surface area (Å²) < 4.78 is 11.7. The summed E-state index contributed by atoms with van der Waals surface area (Å²) in [7, 11) is 4.73. The van der Waals surface area contributed by atoms with E-state index in [9.17, 15) is 9.59 Å². The second kappa shape index (κ2) is 9.23. The van der Waals surface area contributed by atoms with E-state index in [0.717, 1.165) is 15.6 Å². The largest absolute Gasteiger partial charge is 0.493 e. The highest BCUT2D eigenvalue weighted by atomic mass is 79.9. The molecule has 1 N–H and O–H groups in total. The Kier molecular flexibility index (Phi) is 6.37. The van der Waals surface area contributed by atoms with Crippen molar-refractivity contribution in [1.82, 2.24) is 9.88 Å². The van der Waals surface area contributed by atoms with Crippen LogP contribution in [-0.2, 0) is 4.79 Å². The minimum absolute atomic E-state index is 0.208. The van der Waals surface area contributed by atoms with E-state index in [0.29, 0.717) is 28.3 Å². The number of carbonyl (C=O) groups is 2. The maximum atomic E-state index is 13.8. The number of hydrogen-bond acceptors (Lipinski definition) is 5. The van der Waals surface area contributed by atoms with E-state index in [1.165, 1.54) is 14.2 Å². The maximum Gasteiger partial charge on any atom is 0.254 e. The summed E-state index contributed by atoms with van der Waals surface area (Å²) in [4.78, 5) is 33.0. The van der Waals surface area contributed by atoms with Gasteiger partial charge in [0.1, 0.15) is 0 Å². The van der Waals surface area contributed by atoms with Gasteiger partial charge in [-0.25, -0.2) is 0 Å². The number of aromatic nitrogens is 1. The quantitative estimate of drug-likeness (QED) is 0.538. The van der Waals surface area contributed by atoms with Crippen LogP contribution in [0.5, 0.6) is 11.5 Å². The number of nitrogens with one attached hydrogen (secondary N) is 1. The van der Waals surface area contributed by atoms with E-state index in [4.69, 9.17) is 9.47 Å². The van der Waals surface area contributed by atoms with Crippen molar-refractivity contribution in [1.29, 1.82) is 0 Å². The van der Waals surface area contributed by atoms with Crippen molar-refractivity contribution in [2.45, 2.75) is 18.9 Å². The lowest BCUT2D eigenvalue weighted by Gasteiger charge is -2.40. The molecule has 0 aliphatic carbocycles. The van der Waals surface area contributed by atoms with Crippen molar-refractivity contribution in [2.75, 3.05) is 26.6 Å². The Morgan fingerprint density at radius 1 is 1.12 bits per heavy atom. The summed E-state index contributed by atoms with van der Waals surface area (Å²) >= 11 is 3.53. The minimum atomic E-state index is -0.708. The molecule has 1 aliphatic rings. The zero-order valence-electron chi connectivity index (χ0n) is 18.8. The lowest BCUT2D eigenvalue weighted by molar-refractivity contribution is -0.119. The number of anilines is 1. The molecule has 3 aromatic rings. The number of halogens is 1. The molecule has 170 valence electrons. The first-order valence-electron chi connectivity index (χ1n) is 10.4. The van der Waals surface area contributed by atoms with Crippen LogP contribution in [0.2, 0.25) is 0 Å². The lowest BCUT2D eigenvalue weighted by atomic mass is 9.79. The first-order chi connectivity index (χ1) is 15.8. The van der Waals surface area contributed by atoms with Crippen molar-refractivity contribution >= 4 is 33.4 Å². The van der Waals surface area contributed by atoms with E-state index in [-0.39, 0.29) is 11.8 Å². The number of fused-ring (bicyclic) bond motifs is 1. The number of pyridine rings is 1. The van der Waals surface area contributed by atoms with Crippen molar-refractivity contribution in [3.8, 4) is 11.5 Å². The third-order valence-corrected chi connectivity index (χ3v) is 6.52. The number of nitrogens with zero attached hydrogens (tertiary/aromatic N) is 2. The molecular weight excluding hydrogens is 486 g/mol. The van der Waals surface area contributed by atoms with Gasteiger partial charge in [-0.3, -0.25) is 14.6 Å². The topological polar surface area (TPSA) is 80.8 Å². The van der Waals surface area contributed by atoms with Crippen LogP contribution in [-0.4, -0.2) is 43.0 Å². The second-order valence-electron chi connectivity index (χ2n) is 7.89. The summed E-state index contributed by atoms with van der Waals surface area (Å²) in [5.74, 6) is -0.285. The maximum absolute atomic E-state index is 13.8. The van der Waals surface area contributed by atoms with Crippen LogP contribution >= 0.6 is 15.9 Å². The van der Waals surface area contributed by atoms with E-state index >= 15 is 0 Å². The van der Waals surface area contributed by atoms with Gasteiger partial charge in [-0.15, -0.1) is 0 Å². The number of ether oxygens (including phenoxy) is 2. The van der Waals surface area contributed by atoms with Crippen LogP contribution in [0.1, 0.15) is 39.0 Å². The normalized spacial score (nSPS) is 17.4. The van der Waals surface area contributed by atoms with Gasteiger partial charge >= 0.3 is 0 Å². The van der Waals surface area contributed by atoms with Gasteiger partial charge in [0.25, 0.3) is 5.91 Å². The van der Waals surface area contributed by atoms with Crippen LogP contribution in [0.15, 0.2) is 59.3 Å². The van der Waals surface area contributed by atoms with Gasteiger partial charge in [-0.1, -0.05) is 12.1 Å². The fraction of sp³-hybridized carbons (Fsp3) is 0.240. The standard InChI is InChI=1S/C25H24BrN3O4/c1-14-7-8-19(18(26)10-14)28-24(30)22-16-11-20(32-3)21(33-4)12-17(16)25(31)29(2)23(22)15-6-5-9-27-13-15/h5-13,22-23H,1-4H3,(H,28,30). The zero-order valence-corrected chi connectivity index (χ0v) is 20.3. The summed E-state index contributed by atoms with van der Waals surface area (Å²) in [5, 5.41) is 3.03. The molecule has 2 unspecified atom stereocenters. The molecule has 2 amide bonds. The average molecular weight is 510 g/mol. The van der Waals surface area contributed by atoms with Gasteiger partial charge in [0.15, 0.2) is 11.5 Å². The molecule has 8 heteroatoms. The lowest BCUT2D eigenvalue weighted by Crippen LogP contribution is -2.44. The summed E-state index contributed by atoms with van der Waals surface area (Å²) in [5.41, 5.74) is 3.45. The Labute approximate surface area is 200 Å². The van der Waals surface area contributed by atoms with E-state index in [1.54, 1.807) is 42.5 Å². The molecule has 2 atom stereocenters. The molecule has 0 saturated heterocycles. The summed E-state index contributed by atoms with van der Waals surface area (Å²) in [6.45, 7) is 1.98. The predicted molar refractivity (Wildman–Crippen MR) is 129 cm³/mol. The van der Waals surface area contributed by atoms with Gasteiger partial charge in [0.05, 0.1) is 31.9 Å². The van der Waals surface area contributed by atoms with Crippen molar-refractivity contribution in [3.05, 3.63) is 81.6 Å². The minimum Gasteiger partial charge on any atom is -0.493 e. The molecule has 7 nitrogen and oxygen atoms in total. The van der Waals surface area contributed by atoms with Gasteiger partial charge < -0.3 is 19.7 Å². The Hall–Kier alpha value is -3.39. The number of aryl methyl sites for hydroxylation is 1. The number of benzene rings is 2. The predicted octanol–water partition coefficient (Wildman–Crippen LogP) is 4.72. The highest BCUT2D eigenvalue weighted by molar-refractivity contribution is 9.10. The molecule has 0 radical (unpaired) electrons. The Morgan fingerprint density at radius 2 is 1.85 bits per heavy atom. The molecule has 0 fully saturated rings.